The molecule has 0 fully saturated rings. The molecule has 0 aliphatic heterocycles. The van der Waals surface area contributed by atoms with Crippen molar-refractivity contribution in [1.82, 2.24) is 0 Å². The van der Waals surface area contributed by atoms with Crippen LogP contribution in [0.1, 0.15) is 34.2 Å². The highest BCUT2D eigenvalue weighted by molar-refractivity contribution is 6.05. The van der Waals surface area contributed by atoms with Crippen molar-refractivity contribution < 1.29 is 9.21 Å². The van der Waals surface area contributed by atoms with Crippen molar-refractivity contribution in [2.24, 2.45) is 0 Å². The van der Waals surface area contributed by atoms with Crippen LogP contribution in [0.4, 0.5) is 5.69 Å². The molecule has 1 amide bonds. The first-order valence-corrected chi connectivity index (χ1v) is 6.04. The Labute approximate surface area is 111 Å². The minimum absolute atomic E-state index is 0.219. The maximum absolute atomic E-state index is 12.2. The number of hydrogen-bond acceptors (Lipinski definition) is 3. The van der Waals surface area contributed by atoms with Crippen LogP contribution in [0, 0.1) is 18.3 Å². The Morgan fingerprint density at radius 3 is 2.89 bits per heavy atom. The predicted molar refractivity (Wildman–Crippen MR) is 71.9 cm³/mol. The molecule has 0 radical (unpaired) electrons. The zero-order valence-corrected chi connectivity index (χ0v) is 10.9. The monoisotopic (exact) mass is 254 g/mol. The van der Waals surface area contributed by atoms with Gasteiger partial charge in [0.2, 0.25) is 0 Å². The van der Waals surface area contributed by atoms with Crippen LogP contribution in [-0.2, 0) is 6.42 Å². The minimum atomic E-state index is -0.219. The molecule has 96 valence electrons. The molecule has 0 spiro atoms. The van der Waals surface area contributed by atoms with Crippen molar-refractivity contribution in [2.75, 3.05) is 5.32 Å². The van der Waals surface area contributed by atoms with Crippen LogP contribution in [-0.4, -0.2) is 5.91 Å². The lowest BCUT2D eigenvalue weighted by Crippen LogP contribution is -2.13. The minimum Gasteiger partial charge on any atom is -0.469 e. The largest absolute Gasteiger partial charge is 0.469 e. The lowest BCUT2D eigenvalue weighted by molar-refractivity contribution is 0.102. The molecule has 19 heavy (non-hydrogen) atoms. The average Bonchev–Trinajstić information content (AvgIpc) is 2.89. The van der Waals surface area contributed by atoms with Gasteiger partial charge in [0.05, 0.1) is 23.5 Å². The van der Waals surface area contributed by atoms with Gasteiger partial charge in [0, 0.05) is 12.1 Å². The molecule has 2 rings (SSSR count). The summed E-state index contributed by atoms with van der Waals surface area (Å²) in [6, 6.07) is 8.90. The Hall–Kier alpha value is -2.54. The van der Waals surface area contributed by atoms with Gasteiger partial charge in [-0.3, -0.25) is 4.79 Å². The van der Waals surface area contributed by atoms with Gasteiger partial charge < -0.3 is 9.73 Å². The van der Waals surface area contributed by atoms with E-state index < -0.39 is 0 Å². The number of furan rings is 1. The molecule has 0 atom stereocenters. The lowest BCUT2D eigenvalue weighted by Gasteiger charge is -2.08. The second-order valence-electron chi connectivity index (χ2n) is 4.21. The van der Waals surface area contributed by atoms with E-state index in [-0.39, 0.29) is 5.91 Å². The first-order chi connectivity index (χ1) is 9.15. The van der Waals surface area contributed by atoms with E-state index in [2.05, 4.69) is 11.4 Å². The highest BCUT2D eigenvalue weighted by atomic mass is 16.3. The van der Waals surface area contributed by atoms with Crippen molar-refractivity contribution in [2.45, 2.75) is 20.3 Å². The Kier molecular flexibility index (Phi) is 3.67. The molecule has 0 unspecified atom stereocenters. The van der Waals surface area contributed by atoms with Crippen molar-refractivity contribution in [3.05, 3.63) is 53.0 Å². The number of rotatable bonds is 3. The fraction of sp³-hybridized carbons (Fsp3) is 0.200. The van der Waals surface area contributed by atoms with Gasteiger partial charge in [0.15, 0.2) is 0 Å². The van der Waals surface area contributed by atoms with Gasteiger partial charge in [0.1, 0.15) is 5.76 Å². The van der Waals surface area contributed by atoms with Crippen LogP contribution >= 0.6 is 0 Å². The van der Waals surface area contributed by atoms with Crippen molar-refractivity contribution >= 4 is 11.6 Å². The zero-order valence-electron chi connectivity index (χ0n) is 10.9. The number of aryl methyl sites for hydroxylation is 2. The van der Waals surface area contributed by atoms with Crippen molar-refractivity contribution in [1.29, 1.82) is 5.26 Å². The van der Waals surface area contributed by atoms with Gasteiger partial charge in [-0.05, 0) is 30.7 Å². The summed E-state index contributed by atoms with van der Waals surface area (Å²) in [7, 11) is 0. The third-order valence-electron chi connectivity index (χ3n) is 2.93. The second-order valence-corrected chi connectivity index (χ2v) is 4.21. The molecule has 0 saturated carbocycles. The first-order valence-electron chi connectivity index (χ1n) is 6.04. The molecule has 0 aliphatic rings. The van der Waals surface area contributed by atoms with Gasteiger partial charge in [-0.2, -0.15) is 5.26 Å². The number of carbonyl (C=O) groups is 1. The first kappa shape index (κ1) is 12.9. The fourth-order valence-electron chi connectivity index (χ4n) is 1.83. The number of carbonyl (C=O) groups excluding carboxylic acids is 1. The van der Waals surface area contributed by atoms with Gasteiger partial charge >= 0.3 is 0 Å². The summed E-state index contributed by atoms with van der Waals surface area (Å²) in [5.41, 5.74) is 2.61. The summed E-state index contributed by atoms with van der Waals surface area (Å²) < 4.78 is 5.23. The summed E-state index contributed by atoms with van der Waals surface area (Å²) in [4.78, 5) is 12.2. The molecule has 0 aliphatic carbocycles. The van der Waals surface area contributed by atoms with Crippen LogP contribution < -0.4 is 5.32 Å². The van der Waals surface area contributed by atoms with Crippen molar-refractivity contribution in [3.63, 3.8) is 0 Å². The third-order valence-corrected chi connectivity index (χ3v) is 2.93. The normalized spacial score (nSPS) is 9.95. The van der Waals surface area contributed by atoms with E-state index in [9.17, 15) is 4.79 Å². The summed E-state index contributed by atoms with van der Waals surface area (Å²) >= 11 is 0. The van der Waals surface area contributed by atoms with Gasteiger partial charge in [-0.15, -0.1) is 0 Å². The maximum atomic E-state index is 12.2. The van der Waals surface area contributed by atoms with Gasteiger partial charge in [-0.25, -0.2) is 0 Å². The average molecular weight is 254 g/mol. The lowest BCUT2D eigenvalue weighted by atomic mass is 10.1. The fourth-order valence-corrected chi connectivity index (χ4v) is 1.83. The van der Waals surface area contributed by atoms with Crippen LogP contribution in [0.2, 0.25) is 0 Å². The van der Waals surface area contributed by atoms with Gasteiger partial charge in [-0.1, -0.05) is 13.0 Å². The highest BCUT2D eigenvalue weighted by Crippen LogP contribution is 2.19. The van der Waals surface area contributed by atoms with Crippen LogP contribution in [0.15, 0.2) is 34.9 Å². The number of nitriles is 1. The summed E-state index contributed by atoms with van der Waals surface area (Å²) in [6.45, 7) is 3.81. The second kappa shape index (κ2) is 5.40. The van der Waals surface area contributed by atoms with Crippen LogP contribution in [0.5, 0.6) is 0 Å². The smallest absolute Gasteiger partial charge is 0.259 e. The quantitative estimate of drug-likeness (QED) is 0.914. The van der Waals surface area contributed by atoms with E-state index in [1.807, 2.05) is 19.9 Å². The van der Waals surface area contributed by atoms with Crippen LogP contribution in [0.3, 0.4) is 0 Å². The number of benzene rings is 1. The molecule has 1 aromatic carbocycles. The summed E-state index contributed by atoms with van der Waals surface area (Å²) in [5, 5.41) is 11.7. The number of nitrogens with one attached hydrogen (secondary N) is 1. The van der Waals surface area contributed by atoms with E-state index in [1.54, 1.807) is 18.2 Å². The standard InChI is InChI=1S/C15H14N2O2/c1-3-14-12(6-7-19-14)15(18)17-13-8-11(9-16)5-4-10(13)2/h4-8H,3H2,1-2H3,(H,17,18). The number of nitrogens with zero attached hydrogens (tertiary/aromatic N) is 1. The van der Waals surface area contributed by atoms with E-state index in [0.29, 0.717) is 29.0 Å². The topological polar surface area (TPSA) is 66.0 Å². The Balaban J connectivity index is 2.27. The zero-order chi connectivity index (χ0) is 13.8. The number of amides is 1. The Bertz CT molecular complexity index is 650. The SMILES string of the molecule is CCc1occc1C(=O)Nc1cc(C#N)ccc1C. The third kappa shape index (κ3) is 2.66. The molecule has 1 heterocycles. The molecular weight excluding hydrogens is 240 g/mol. The van der Waals surface area contributed by atoms with Crippen molar-refractivity contribution in [3.8, 4) is 6.07 Å². The molecule has 2 aromatic rings. The number of hydrogen-bond donors (Lipinski definition) is 1. The highest BCUT2D eigenvalue weighted by Gasteiger charge is 2.14. The van der Waals surface area contributed by atoms with Gasteiger partial charge in [0.25, 0.3) is 5.91 Å². The maximum Gasteiger partial charge on any atom is 0.259 e. The molecule has 0 bridgehead atoms. The molecule has 4 nitrogen and oxygen atoms in total. The molecule has 1 N–H and O–H groups in total. The van der Waals surface area contributed by atoms with E-state index in [4.69, 9.17) is 9.68 Å². The van der Waals surface area contributed by atoms with Crippen LogP contribution in [0.25, 0.3) is 0 Å². The summed E-state index contributed by atoms with van der Waals surface area (Å²) in [5.74, 6) is 0.440. The summed E-state index contributed by atoms with van der Waals surface area (Å²) in [6.07, 6.45) is 2.17. The number of anilines is 1. The van der Waals surface area contributed by atoms with E-state index >= 15 is 0 Å². The Morgan fingerprint density at radius 2 is 2.21 bits per heavy atom. The molecule has 4 heteroatoms. The van der Waals surface area contributed by atoms with E-state index in [1.165, 1.54) is 6.26 Å². The molecular formula is C15H14N2O2. The Morgan fingerprint density at radius 1 is 1.42 bits per heavy atom. The van der Waals surface area contributed by atoms with E-state index in [0.717, 1.165) is 5.56 Å². The molecule has 1 aromatic heterocycles. The predicted octanol–water partition coefficient (Wildman–Crippen LogP) is 3.27. The molecule has 0 saturated heterocycles.